The van der Waals surface area contributed by atoms with Gasteiger partial charge in [-0.3, -0.25) is 9.69 Å². The molecule has 1 unspecified atom stereocenters. The van der Waals surface area contributed by atoms with Gasteiger partial charge in [-0.2, -0.15) is 0 Å². The van der Waals surface area contributed by atoms with Crippen LogP contribution in [0, 0.1) is 17.6 Å². The summed E-state index contributed by atoms with van der Waals surface area (Å²) in [6.45, 7) is 2.27. The summed E-state index contributed by atoms with van der Waals surface area (Å²) in [5, 5.41) is 13.1. The van der Waals surface area contributed by atoms with E-state index >= 15 is 0 Å². The third-order valence-electron chi connectivity index (χ3n) is 4.80. The summed E-state index contributed by atoms with van der Waals surface area (Å²) in [7, 11) is 0. The first-order chi connectivity index (χ1) is 13.5. The molecule has 0 radical (unpaired) electrons. The van der Waals surface area contributed by atoms with E-state index in [0.717, 1.165) is 31.2 Å². The minimum Gasteiger partial charge on any atom is -0.481 e. The molecular weight excluding hydrogens is 366 g/mol. The predicted molar refractivity (Wildman–Crippen MR) is 102 cm³/mol. The molecule has 0 aromatic heterocycles. The van der Waals surface area contributed by atoms with E-state index in [1.807, 2.05) is 4.90 Å². The van der Waals surface area contributed by atoms with Crippen LogP contribution >= 0.6 is 0 Å². The van der Waals surface area contributed by atoms with Crippen LogP contribution in [-0.4, -0.2) is 48.4 Å². The van der Waals surface area contributed by atoms with E-state index in [1.165, 1.54) is 6.21 Å². The van der Waals surface area contributed by atoms with Crippen LogP contribution in [0.3, 0.4) is 0 Å². The first-order valence-electron chi connectivity index (χ1n) is 9.19. The van der Waals surface area contributed by atoms with Gasteiger partial charge in [-0.1, -0.05) is 29.4 Å². The number of oxime groups is 1. The summed E-state index contributed by atoms with van der Waals surface area (Å²) >= 11 is 0. The number of carbonyl (C=O) groups is 1. The monoisotopic (exact) mass is 388 g/mol. The largest absolute Gasteiger partial charge is 0.481 e. The van der Waals surface area contributed by atoms with E-state index < -0.39 is 17.6 Å². The number of carboxylic acids is 1. The standard InChI is InChI=1S/C21H22F2N2O3/c22-17-7-8-20(23)19(12-17)18-6-2-1-4-15(18)13-24-28-11-10-25-9-3-5-16(14-25)21(26)27/h1-2,4,6-8,12-13,16H,3,5,9-11,14H2,(H,26,27)/b24-13+. The summed E-state index contributed by atoms with van der Waals surface area (Å²) in [6, 6.07) is 10.3. The normalized spacial score (nSPS) is 17.7. The Morgan fingerprint density at radius 2 is 2.07 bits per heavy atom. The number of rotatable bonds is 7. The topological polar surface area (TPSA) is 62.1 Å². The van der Waals surface area contributed by atoms with Gasteiger partial charge < -0.3 is 9.94 Å². The summed E-state index contributed by atoms with van der Waals surface area (Å²) in [5.41, 5.74) is 1.29. The van der Waals surface area contributed by atoms with Crippen molar-refractivity contribution in [2.24, 2.45) is 11.1 Å². The number of hydrogen-bond acceptors (Lipinski definition) is 4. The van der Waals surface area contributed by atoms with Crippen LogP contribution < -0.4 is 0 Å². The fourth-order valence-corrected chi connectivity index (χ4v) is 3.34. The van der Waals surface area contributed by atoms with Crippen LogP contribution in [0.15, 0.2) is 47.6 Å². The van der Waals surface area contributed by atoms with Gasteiger partial charge in [-0.15, -0.1) is 0 Å². The zero-order chi connectivity index (χ0) is 19.9. The Bertz CT molecular complexity index is 857. The number of nitrogens with zero attached hydrogens (tertiary/aromatic N) is 2. The highest BCUT2D eigenvalue weighted by Gasteiger charge is 2.24. The second-order valence-electron chi connectivity index (χ2n) is 6.76. The smallest absolute Gasteiger partial charge is 0.307 e. The molecule has 1 atom stereocenters. The van der Waals surface area contributed by atoms with Gasteiger partial charge in [0.25, 0.3) is 0 Å². The first kappa shape index (κ1) is 19.9. The van der Waals surface area contributed by atoms with Crippen molar-refractivity contribution >= 4 is 12.2 Å². The number of likely N-dealkylation sites (tertiary alicyclic amines) is 1. The summed E-state index contributed by atoms with van der Waals surface area (Å²) in [6.07, 6.45) is 3.03. The Balaban J connectivity index is 1.58. The maximum absolute atomic E-state index is 14.1. The molecule has 1 aliphatic rings. The average molecular weight is 388 g/mol. The Kier molecular flexibility index (Phi) is 6.71. The molecule has 7 heteroatoms. The van der Waals surface area contributed by atoms with Crippen LogP contribution in [0.1, 0.15) is 18.4 Å². The zero-order valence-electron chi connectivity index (χ0n) is 15.4. The number of benzene rings is 2. The van der Waals surface area contributed by atoms with E-state index in [0.29, 0.717) is 37.2 Å². The van der Waals surface area contributed by atoms with Gasteiger partial charge in [0.05, 0.1) is 12.1 Å². The number of aliphatic carboxylic acids is 1. The van der Waals surface area contributed by atoms with Crippen LogP contribution in [0.2, 0.25) is 0 Å². The van der Waals surface area contributed by atoms with E-state index in [-0.39, 0.29) is 11.5 Å². The number of piperidine rings is 1. The molecule has 1 heterocycles. The lowest BCUT2D eigenvalue weighted by Crippen LogP contribution is -2.40. The molecule has 0 bridgehead atoms. The number of halogens is 2. The Morgan fingerprint density at radius 1 is 1.25 bits per heavy atom. The van der Waals surface area contributed by atoms with E-state index in [9.17, 15) is 13.6 Å². The Labute approximate surface area is 162 Å². The van der Waals surface area contributed by atoms with Crippen molar-refractivity contribution in [2.75, 3.05) is 26.2 Å². The predicted octanol–water partition coefficient (Wildman–Crippen LogP) is 3.78. The van der Waals surface area contributed by atoms with Crippen LogP contribution in [0.5, 0.6) is 0 Å². The number of hydrogen-bond donors (Lipinski definition) is 1. The van der Waals surface area contributed by atoms with Crippen molar-refractivity contribution in [3.8, 4) is 11.1 Å². The molecule has 0 amide bonds. The van der Waals surface area contributed by atoms with Crippen molar-refractivity contribution in [3.05, 3.63) is 59.7 Å². The minimum absolute atomic E-state index is 0.162. The third kappa shape index (κ3) is 5.13. The fourth-order valence-electron chi connectivity index (χ4n) is 3.34. The summed E-state index contributed by atoms with van der Waals surface area (Å²) < 4.78 is 27.6. The van der Waals surface area contributed by atoms with Crippen LogP contribution in [0.25, 0.3) is 11.1 Å². The average Bonchev–Trinajstić information content (AvgIpc) is 2.70. The van der Waals surface area contributed by atoms with Crippen molar-refractivity contribution in [1.29, 1.82) is 0 Å². The molecule has 3 rings (SSSR count). The molecular formula is C21H22F2N2O3. The second kappa shape index (κ2) is 9.41. The van der Waals surface area contributed by atoms with Gasteiger partial charge in [0.15, 0.2) is 0 Å². The fraction of sp³-hybridized carbons (Fsp3) is 0.333. The minimum atomic E-state index is -0.759. The molecule has 2 aromatic carbocycles. The van der Waals surface area contributed by atoms with Crippen molar-refractivity contribution in [1.82, 2.24) is 4.90 Å². The Morgan fingerprint density at radius 3 is 2.89 bits per heavy atom. The summed E-state index contributed by atoms with van der Waals surface area (Å²) in [4.78, 5) is 18.4. The zero-order valence-corrected chi connectivity index (χ0v) is 15.4. The molecule has 0 spiro atoms. The maximum atomic E-state index is 14.1. The van der Waals surface area contributed by atoms with Gasteiger partial charge in [-0.05, 0) is 43.1 Å². The van der Waals surface area contributed by atoms with Crippen LogP contribution in [-0.2, 0) is 9.63 Å². The third-order valence-corrected chi connectivity index (χ3v) is 4.80. The molecule has 1 N–H and O–H groups in total. The SMILES string of the molecule is O=C(O)C1CCCN(CCO/N=C/c2ccccc2-c2cc(F)ccc2F)C1. The lowest BCUT2D eigenvalue weighted by atomic mass is 9.98. The highest BCUT2D eigenvalue weighted by molar-refractivity contribution is 5.90. The van der Waals surface area contributed by atoms with Crippen LogP contribution in [0.4, 0.5) is 8.78 Å². The Hall–Kier alpha value is -2.80. The molecule has 2 aromatic rings. The first-order valence-corrected chi connectivity index (χ1v) is 9.19. The number of carboxylic acid groups (broad SMARTS) is 1. The molecule has 1 saturated heterocycles. The van der Waals surface area contributed by atoms with Crippen molar-refractivity contribution in [2.45, 2.75) is 12.8 Å². The van der Waals surface area contributed by atoms with Gasteiger partial charge in [-0.25, -0.2) is 8.78 Å². The molecule has 1 aliphatic heterocycles. The van der Waals surface area contributed by atoms with E-state index in [2.05, 4.69) is 5.16 Å². The molecule has 1 fully saturated rings. The van der Waals surface area contributed by atoms with Gasteiger partial charge in [0, 0.05) is 24.2 Å². The van der Waals surface area contributed by atoms with Crippen molar-refractivity contribution in [3.63, 3.8) is 0 Å². The molecule has 28 heavy (non-hydrogen) atoms. The molecule has 0 aliphatic carbocycles. The molecule has 5 nitrogen and oxygen atoms in total. The van der Waals surface area contributed by atoms with Gasteiger partial charge >= 0.3 is 5.97 Å². The van der Waals surface area contributed by atoms with Gasteiger partial charge in [0.2, 0.25) is 0 Å². The second-order valence-corrected chi connectivity index (χ2v) is 6.76. The molecule has 0 saturated carbocycles. The van der Waals surface area contributed by atoms with Gasteiger partial charge in [0.1, 0.15) is 18.2 Å². The highest BCUT2D eigenvalue weighted by atomic mass is 19.1. The lowest BCUT2D eigenvalue weighted by Gasteiger charge is -2.29. The van der Waals surface area contributed by atoms with Crippen molar-refractivity contribution < 1.29 is 23.5 Å². The summed E-state index contributed by atoms with van der Waals surface area (Å²) in [5.74, 6) is -2.11. The van der Waals surface area contributed by atoms with E-state index in [1.54, 1.807) is 24.3 Å². The van der Waals surface area contributed by atoms with E-state index in [4.69, 9.17) is 9.94 Å². The maximum Gasteiger partial charge on any atom is 0.307 e. The molecule has 148 valence electrons. The lowest BCUT2D eigenvalue weighted by molar-refractivity contribution is -0.143. The highest BCUT2D eigenvalue weighted by Crippen LogP contribution is 2.26. The quantitative estimate of drug-likeness (QED) is 0.446.